The molecule has 0 aliphatic carbocycles. The molecule has 11 heteroatoms. The molecule has 4 aromatic rings. The molecule has 0 aliphatic rings. The number of nitrogens with one attached hydrogen (secondary N) is 2. The van der Waals surface area contributed by atoms with Gasteiger partial charge in [-0.05, 0) is 52.8 Å². The van der Waals surface area contributed by atoms with E-state index in [9.17, 15) is 5.11 Å². The molecule has 0 unspecified atom stereocenters. The first-order valence-corrected chi connectivity index (χ1v) is 8.69. The fourth-order valence-electron chi connectivity index (χ4n) is 2.41. The predicted octanol–water partition coefficient (Wildman–Crippen LogP) is 3.57. The summed E-state index contributed by atoms with van der Waals surface area (Å²) in [5.41, 5.74) is 4.42. The number of phenolic OH excluding ortho intramolecular Hbond substituents is 1. The topological polar surface area (TPSA) is 131 Å². The van der Waals surface area contributed by atoms with E-state index >= 15 is 0 Å². The number of ether oxygens (including phenoxy) is 1. The van der Waals surface area contributed by atoms with Crippen molar-refractivity contribution in [3.8, 4) is 11.5 Å². The average molecular weight is 412 g/mol. The Morgan fingerprint density at radius 2 is 1.79 bits per heavy atom. The Balaban J connectivity index is 1.62. The highest BCUT2D eigenvalue weighted by Crippen LogP contribution is 2.25. The van der Waals surface area contributed by atoms with E-state index in [0.717, 1.165) is 11.4 Å². The number of rotatable bonds is 6. The summed E-state index contributed by atoms with van der Waals surface area (Å²) in [5.74, 6) is 1.40. The van der Waals surface area contributed by atoms with Crippen LogP contribution in [0.3, 0.4) is 0 Å². The summed E-state index contributed by atoms with van der Waals surface area (Å²) >= 11 is 5.94. The third-order valence-electron chi connectivity index (χ3n) is 3.83. The van der Waals surface area contributed by atoms with Crippen molar-refractivity contribution in [2.45, 2.75) is 0 Å². The predicted molar refractivity (Wildman–Crippen MR) is 108 cm³/mol. The maximum atomic E-state index is 9.88. The first kappa shape index (κ1) is 18.4. The molecule has 2 aromatic carbocycles. The Kier molecular flexibility index (Phi) is 5.08. The molecule has 146 valence electrons. The van der Waals surface area contributed by atoms with Crippen LogP contribution in [0.15, 0.2) is 52.2 Å². The van der Waals surface area contributed by atoms with Gasteiger partial charge in [0.05, 0.1) is 13.3 Å². The summed E-state index contributed by atoms with van der Waals surface area (Å²) in [5, 5.41) is 25.0. The van der Waals surface area contributed by atoms with Crippen molar-refractivity contribution in [2.24, 2.45) is 5.10 Å². The molecular formula is C18H14ClN7O3. The Morgan fingerprint density at radius 3 is 2.52 bits per heavy atom. The molecule has 0 bridgehead atoms. The van der Waals surface area contributed by atoms with Crippen LogP contribution in [-0.2, 0) is 0 Å². The number of methoxy groups -OCH3 is 1. The van der Waals surface area contributed by atoms with Crippen LogP contribution in [0.4, 0.5) is 17.3 Å². The van der Waals surface area contributed by atoms with Crippen LogP contribution in [0.2, 0.25) is 5.02 Å². The number of halogens is 1. The number of fused-ring (bicyclic) bond motifs is 1. The summed E-state index contributed by atoms with van der Waals surface area (Å²) in [6, 6.07) is 11.9. The molecule has 29 heavy (non-hydrogen) atoms. The maximum absolute atomic E-state index is 9.88. The van der Waals surface area contributed by atoms with E-state index in [1.807, 2.05) is 12.1 Å². The van der Waals surface area contributed by atoms with Gasteiger partial charge in [-0.25, -0.2) is 9.61 Å². The van der Waals surface area contributed by atoms with Gasteiger partial charge in [-0.15, -0.1) is 0 Å². The van der Waals surface area contributed by atoms with Gasteiger partial charge in [0, 0.05) is 16.3 Å². The molecular weight excluding hydrogens is 398 g/mol. The standard InChI is InChI=1S/C18H14ClN7O3/c1-28-13-5-3-12(4-6-13)21-15-16(23-18-17(22-15)25-29-26-18)24-20-9-10-8-11(19)2-7-14(10)27/h2-9,27H,1H3,(H,21,22,25)(H,23,24,26). The zero-order valence-corrected chi connectivity index (χ0v) is 15.8. The average Bonchev–Trinajstić information content (AvgIpc) is 3.18. The Morgan fingerprint density at radius 1 is 1.07 bits per heavy atom. The monoisotopic (exact) mass is 411 g/mol. The lowest BCUT2D eigenvalue weighted by molar-refractivity contribution is 0.314. The Bertz CT molecular complexity index is 1180. The first-order valence-electron chi connectivity index (χ1n) is 8.31. The van der Waals surface area contributed by atoms with Gasteiger partial charge in [0.1, 0.15) is 11.5 Å². The normalized spacial score (nSPS) is 11.1. The molecule has 4 rings (SSSR count). The smallest absolute Gasteiger partial charge is 0.245 e. The molecule has 0 spiro atoms. The minimum Gasteiger partial charge on any atom is -0.507 e. The van der Waals surface area contributed by atoms with Crippen LogP contribution >= 0.6 is 11.6 Å². The lowest BCUT2D eigenvalue weighted by Crippen LogP contribution is -2.03. The highest BCUT2D eigenvalue weighted by molar-refractivity contribution is 6.30. The third-order valence-corrected chi connectivity index (χ3v) is 4.07. The van der Waals surface area contributed by atoms with Crippen LogP contribution in [0.25, 0.3) is 11.3 Å². The van der Waals surface area contributed by atoms with E-state index in [1.165, 1.54) is 12.3 Å². The second kappa shape index (κ2) is 7.98. The van der Waals surface area contributed by atoms with Crippen LogP contribution in [0, 0.1) is 0 Å². The van der Waals surface area contributed by atoms with Crippen molar-refractivity contribution in [3.05, 3.63) is 53.1 Å². The van der Waals surface area contributed by atoms with Gasteiger partial charge >= 0.3 is 0 Å². The van der Waals surface area contributed by atoms with Gasteiger partial charge in [0.2, 0.25) is 11.3 Å². The largest absolute Gasteiger partial charge is 0.507 e. The summed E-state index contributed by atoms with van der Waals surface area (Å²) in [4.78, 5) is 8.66. The molecule has 0 aliphatic heterocycles. The zero-order valence-electron chi connectivity index (χ0n) is 15.0. The molecule has 0 atom stereocenters. The lowest BCUT2D eigenvalue weighted by atomic mass is 10.2. The number of hydrogen-bond acceptors (Lipinski definition) is 10. The molecule has 10 nitrogen and oxygen atoms in total. The fraction of sp³-hybridized carbons (Fsp3) is 0.0556. The van der Waals surface area contributed by atoms with Crippen molar-refractivity contribution in [1.29, 1.82) is 0 Å². The van der Waals surface area contributed by atoms with Gasteiger partial charge in [-0.1, -0.05) is 11.6 Å². The van der Waals surface area contributed by atoms with Crippen LogP contribution in [0.1, 0.15) is 5.56 Å². The first-order chi connectivity index (χ1) is 14.1. The van der Waals surface area contributed by atoms with Crippen molar-refractivity contribution in [2.75, 3.05) is 17.9 Å². The van der Waals surface area contributed by atoms with Crippen LogP contribution < -0.4 is 15.5 Å². The highest BCUT2D eigenvalue weighted by Gasteiger charge is 2.13. The number of benzene rings is 2. The number of aromatic nitrogens is 4. The van der Waals surface area contributed by atoms with E-state index in [2.05, 4.69) is 40.8 Å². The molecule has 0 radical (unpaired) electrons. The second-order valence-electron chi connectivity index (χ2n) is 5.76. The van der Waals surface area contributed by atoms with Gasteiger partial charge in [0.25, 0.3) is 0 Å². The molecule has 2 heterocycles. The number of aromatic hydroxyl groups is 1. The van der Waals surface area contributed by atoms with Crippen molar-refractivity contribution < 1.29 is 14.5 Å². The van der Waals surface area contributed by atoms with Gasteiger partial charge in [-0.2, -0.15) is 10.1 Å². The van der Waals surface area contributed by atoms with E-state index in [-0.39, 0.29) is 22.9 Å². The quantitative estimate of drug-likeness (QED) is 0.322. The Labute approximate surface area is 169 Å². The van der Waals surface area contributed by atoms with Gasteiger partial charge in [0.15, 0.2) is 11.6 Å². The zero-order chi connectivity index (χ0) is 20.2. The Hall–Kier alpha value is -3.92. The van der Waals surface area contributed by atoms with Crippen molar-refractivity contribution in [1.82, 2.24) is 20.3 Å². The lowest BCUT2D eigenvalue weighted by Gasteiger charge is -2.10. The SMILES string of the molecule is COc1ccc(Nc2nc3nonc3nc2NN=Cc2cc(Cl)ccc2O)cc1. The van der Waals surface area contributed by atoms with E-state index < -0.39 is 0 Å². The van der Waals surface area contributed by atoms with Crippen LogP contribution in [0.5, 0.6) is 11.5 Å². The van der Waals surface area contributed by atoms with E-state index in [4.69, 9.17) is 16.3 Å². The number of hydrazone groups is 1. The van der Waals surface area contributed by atoms with E-state index in [1.54, 1.807) is 31.4 Å². The summed E-state index contributed by atoms with van der Waals surface area (Å²) in [6.07, 6.45) is 1.41. The number of nitrogens with zero attached hydrogens (tertiary/aromatic N) is 5. The summed E-state index contributed by atoms with van der Waals surface area (Å²) in [7, 11) is 1.59. The van der Waals surface area contributed by atoms with Gasteiger partial charge in [-0.3, -0.25) is 5.43 Å². The minimum absolute atomic E-state index is 0.0405. The van der Waals surface area contributed by atoms with Crippen molar-refractivity contribution >= 4 is 46.4 Å². The fourth-order valence-corrected chi connectivity index (χ4v) is 2.59. The maximum Gasteiger partial charge on any atom is 0.245 e. The molecule has 3 N–H and O–H groups in total. The van der Waals surface area contributed by atoms with Crippen molar-refractivity contribution in [3.63, 3.8) is 0 Å². The van der Waals surface area contributed by atoms with Gasteiger partial charge < -0.3 is 15.2 Å². The molecule has 0 amide bonds. The summed E-state index contributed by atoms with van der Waals surface area (Å²) in [6.45, 7) is 0. The van der Waals surface area contributed by atoms with E-state index in [0.29, 0.717) is 16.4 Å². The second-order valence-corrected chi connectivity index (χ2v) is 6.20. The number of anilines is 3. The number of phenols is 1. The third kappa shape index (κ3) is 4.17. The van der Waals surface area contributed by atoms with Crippen LogP contribution in [-0.4, -0.2) is 38.7 Å². The molecule has 0 fully saturated rings. The molecule has 0 saturated heterocycles. The molecule has 2 aromatic heterocycles. The highest BCUT2D eigenvalue weighted by atomic mass is 35.5. The number of hydrogen-bond donors (Lipinski definition) is 3. The minimum atomic E-state index is 0.0405. The molecule has 0 saturated carbocycles. The summed E-state index contributed by atoms with van der Waals surface area (Å²) < 4.78 is 9.83.